The van der Waals surface area contributed by atoms with Crippen LogP contribution in [0.4, 0.5) is 5.69 Å². The van der Waals surface area contributed by atoms with Crippen molar-refractivity contribution in [2.75, 3.05) is 5.73 Å². The molecule has 2 nitrogen and oxygen atoms in total. The van der Waals surface area contributed by atoms with Crippen LogP contribution in [0, 0.1) is 5.41 Å². The maximum Gasteiger partial charge on any atom is 0.0540 e. The van der Waals surface area contributed by atoms with Crippen molar-refractivity contribution < 1.29 is 0 Å². The highest BCUT2D eigenvalue weighted by Gasteiger charge is 1.95. The summed E-state index contributed by atoms with van der Waals surface area (Å²) in [5.41, 5.74) is 9.11. The molecule has 1 aromatic rings. The summed E-state index contributed by atoms with van der Waals surface area (Å²) in [4.78, 5) is 0. The summed E-state index contributed by atoms with van der Waals surface area (Å²) in [6.07, 6.45) is 9.47. The van der Waals surface area contributed by atoms with E-state index in [-0.39, 0.29) is 0 Å². The summed E-state index contributed by atoms with van der Waals surface area (Å²) >= 11 is 0. The highest BCUT2D eigenvalue weighted by molar-refractivity contribution is 6.04. The third-order valence-corrected chi connectivity index (χ3v) is 2.18. The predicted molar refractivity (Wildman–Crippen MR) is 64.8 cm³/mol. The van der Waals surface area contributed by atoms with Crippen molar-refractivity contribution in [3.8, 4) is 0 Å². The molecule has 0 saturated heterocycles. The first kappa shape index (κ1) is 9.46. The zero-order valence-corrected chi connectivity index (χ0v) is 8.27. The Morgan fingerprint density at radius 2 is 1.53 bits per heavy atom. The second-order valence-electron chi connectivity index (χ2n) is 3.43. The fraction of sp³-hybridized carbons (Fsp3) is 0. The molecule has 1 aliphatic carbocycles. The highest BCUT2D eigenvalue weighted by Crippen LogP contribution is 2.13. The van der Waals surface area contributed by atoms with Crippen molar-refractivity contribution in [1.29, 1.82) is 5.41 Å². The molecule has 0 amide bonds. The number of hydrogen-bond acceptors (Lipinski definition) is 2. The molecule has 1 aromatic carbocycles. The van der Waals surface area contributed by atoms with Crippen LogP contribution >= 0.6 is 0 Å². The van der Waals surface area contributed by atoms with E-state index in [0.29, 0.717) is 5.71 Å². The van der Waals surface area contributed by atoms with Gasteiger partial charge in [0.25, 0.3) is 0 Å². The molecule has 2 rings (SSSR count). The van der Waals surface area contributed by atoms with E-state index in [1.165, 1.54) is 0 Å². The minimum Gasteiger partial charge on any atom is -0.399 e. The second kappa shape index (κ2) is 3.96. The third kappa shape index (κ3) is 2.44. The first-order chi connectivity index (χ1) is 7.24. The zero-order valence-electron chi connectivity index (χ0n) is 8.27. The lowest BCUT2D eigenvalue weighted by Gasteiger charge is -2.01. The van der Waals surface area contributed by atoms with Gasteiger partial charge in [0.2, 0.25) is 0 Å². The van der Waals surface area contributed by atoms with E-state index >= 15 is 0 Å². The number of rotatable bonds is 1. The minimum absolute atomic E-state index is 0.532. The minimum atomic E-state index is 0.532. The number of nitrogen functional groups attached to an aromatic ring is 1. The van der Waals surface area contributed by atoms with Gasteiger partial charge in [-0.1, -0.05) is 24.3 Å². The second-order valence-corrected chi connectivity index (χ2v) is 3.43. The van der Waals surface area contributed by atoms with Gasteiger partial charge >= 0.3 is 0 Å². The van der Waals surface area contributed by atoms with Gasteiger partial charge in [-0.15, -0.1) is 0 Å². The molecule has 2 heteroatoms. The standard InChI is InChI=1S/C13H12N2/c14-12-5-1-10(2-6-12)9-11-3-7-13(15)8-4-11/h1-9,14H,15H2. The molecule has 0 saturated carbocycles. The molecule has 0 heterocycles. The highest BCUT2D eigenvalue weighted by atomic mass is 14.5. The summed E-state index contributed by atoms with van der Waals surface area (Å²) in [5, 5.41) is 7.37. The summed E-state index contributed by atoms with van der Waals surface area (Å²) in [6.45, 7) is 0. The van der Waals surface area contributed by atoms with E-state index in [1.54, 1.807) is 12.2 Å². The third-order valence-electron chi connectivity index (χ3n) is 2.18. The molecule has 0 unspecified atom stereocenters. The average molecular weight is 196 g/mol. The van der Waals surface area contributed by atoms with Crippen LogP contribution in [0.2, 0.25) is 0 Å². The number of allylic oxidation sites excluding steroid dienone is 5. The van der Waals surface area contributed by atoms with Gasteiger partial charge < -0.3 is 11.1 Å². The van der Waals surface area contributed by atoms with E-state index in [2.05, 4.69) is 6.08 Å². The molecular weight excluding hydrogens is 184 g/mol. The molecule has 0 radical (unpaired) electrons. The van der Waals surface area contributed by atoms with Crippen molar-refractivity contribution >= 4 is 17.5 Å². The van der Waals surface area contributed by atoms with Crippen molar-refractivity contribution in [1.82, 2.24) is 0 Å². The zero-order chi connectivity index (χ0) is 10.7. The number of nitrogens with one attached hydrogen (secondary N) is 1. The van der Waals surface area contributed by atoms with Gasteiger partial charge in [-0.25, -0.2) is 0 Å². The maximum absolute atomic E-state index is 7.37. The molecule has 3 N–H and O–H groups in total. The monoisotopic (exact) mass is 196 g/mol. The van der Waals surface area contributed by atoms with Gasteiger partial charge in [0.15, 0.2) is 0 Å². The Balaban J connectivity index is 2.24. The van der Waals surface area contributed by atoms with Gasteiger partial charge in [0.1, 0.15) is 0 Å². The van der Waals surface area contributed by atoms with Crippen LogP contribution in [-0.2, 0) is 0 Å². The Kier molecular flexibility index (Phi) is 2.50. The number of hydrogen-bond donors (Lipinski definition) is 2. The lowest BCUT2D eigenvalue weighted by Crippen LogP contribution is -1.90. The summed E-state index contributed by atoms with van der Waals surface area (Å²) < 4.78 is 0. The normalized spacial score (nSPS) is 14.4. The van der Waals surface area contributed by atoms with E-state index in [0.717, 1.165) is 16.8 Å². The van der Waals surface area contributed by atoms with Crippen LogP contribution in [0.1, 0.15) is 5.56 Å². The smallest absolute Gasteiger partial charge is 0.0540 e. The first-order valence-electron chi connectivity index (χ1n) is 4.76. The van der Waals surface area contributed by atoms with Crippen LogP contribution in [0.25, 0.3) is 6.08 Å². The summed E-state index contributed by atoms with van der Waals surface area (Å²) in [6, 6.07) is 7.71. The van der Waals surface area contributed by atoms with Crippen molar-refractivity contribution in [2.24, 2.45) is 0 Å². The van der Waals surface area contributed by atoms with Crippen LogP contribution in [0.15, 0.2) is 54.1 Å². The molecular formula is C13H12N2. The SMILES string of the molecule is N=C1C=CC(=Cc2ccc(N)cc2)C=C1. The fourth-order valence-corrected chi connectivity index (χ4v) is 1.36. The summed E-state index contributed by atoms with van der Waals surface area (Å²) in [5.74, 6) is 0. The molecule has 0 bridgehead atoms. The Bertz CT molecular complexity index is 444. The topological polar surface area (TPSA) is 49.9 Å². The van der Waals surface area contributed by atoms with E-state index in [9.17, 15) is 0 Å². The Labute approximate surface area is 88.9 Å². The largest absolute Gasteiger partial charge is 0.399 e. The fourth-order valence-electron chi connectivity index (χ4n) is 1.36. The lowest BCUT2D eigenvalue weighted by atomic mass is 10.1. The molecule has 0 fully saturated rings. The Hall–Kier alpha value is -2.09. The maximum atomic E-state index is 7.37. The molecule has 15 heavy (non-hydrogen) atoms. The molecule has 74 valence electrons. The number of anilines is 1. The Morgan fingerprint density at radius 3 is 2.13 bits per heavy atom. The van der Waals surface area contributed by atoms with Crippen LogP contribution in [-0.4, -0.2) is 5.71 Å². The van der Waals surface area contributed by atoms with Crippen molar-refractivity contribution in [3.05, 3.63) is 59.7 Å². The van der Waals surface area contributed by atoms with E-state index < -0.39 is 0 Å². The van der Waals surface area contributed by atoms with E-state index in [4.69, 9.17) is 11.1 Å². The van der Waals surface area contributed by atoms with Crippen LogP contribution in [0.5, 0.6) is 0 Å². The Morgan fingerprint density at radius 1 is 0.933 bits per heavy atom. The summed E-state index contributed by atoms with van der Waals surface area (Å²) in [7, 11) is 0. The van der Waals surface area contributed by atoms with E-state index in [1.807, 2.05) is 36.4 Å². The molecule has 0 aromatic heterocycles. The first-order valence-corrected chi connectivity index (χ1v) is 4.76. The van der Waals surface area contributed by atoms with Crippen LogP contribution in [0.3, 0.4) is 0 Å². The molecule has 0 aliphatic heterocycles. The van der Waals surface area contributed by atoms with Crippen molar-refractivity contribution in [3.63, 3.8) is 0 Å². The predicted octanol–water partition coefficient (Wildman–Crippen LogP) is 2.80. The molecule has 1 aliphatic rings. The van der Waals surface area contributed by atoms with Gasteiger partial charge in [0, 0.05) is 5.69 Å². The quantitative estimate of drug-likeness (QED) is 0.667. The van der Waals surface area contributed by atoms with Gasteiger partial charge in [0.05, 0.1) is 5.71 Å². The number of nitrogens with two attached hydrogens (primary N) is 1. The van der Waals surface area contributed by atoms with Gasteiger partial charge in [-0.05, 0) is 41.5 Å². The lowest BCUT2D eigenvalue weighted by molar-refractivity contribution is 1.51. The molecule has 0 spiro atoms. The van der Waals surface area contributed by atoms with Gasteiger partial charge in [-0.3, -0.25) is 0 Å². The average Bonchev–Trinajstić information content (AvgIpc) is 2.25. The van der Waals surface area contributed by atoms with Crippen molar-refractivity contribution in [2.45, 2.75) is 0 Å². The molecule has 0 atom stereocenters. The van der Waals surface area contributed by atoms with Crippen LogP contribution < -0.4 is 5.73 Å². The number of benzene rings is 1. The van der Waals surface area contributed by atoms with Gasteiger partial charge in [-0.2, -0.15) is 0 Å².